The van der Waals surface area contributed by atoms with Gasteiger partial charge in [0.15, 0.2) is 5.75 Å². The number of hydrogen-bond acceptors (Lipinski definition) is 6. The molecule has 0 bridgehead atoms. The van der Waals surface area contributed by atoms with Gasteiger partial charge < -0.3 is 9.64 Å². The number of halogens is 2. The van der Waals surface area contributed by atoms with Crippen LogP contribution >= 0.6 is 23.2 Å². The maximum Gasteiger partial charge on any atom is 0.262 e. The van der Waals surface area contributed by atoms with Gasteiger partial charge in [-0.3, -0.25) is 19.4 Å². The summed E-state index contributed by atoms with van der Waals surface area (Å²) in [7, 11) is -3.96. The Morgan fingerprint density at radius 1 is 0.878 bits per heavy atom. The molecule has 4 aromatic rings. The van der Waals surface area contributed by atoms with Crippen molar-refractivity contribution >= 4 is 44.8 Å². The predicted octanol–water partition coefficient (Wildman–Crippen LogP) is 5.98. The highest BCUT2D eigenvalue weighted by atomic mass is 35.5. The standard InChI is InChI=1S/C30H28Cl2N4O4S/c31-26-13-10-24(21-27(26)32)40-29-7-2-1-6-28(29)34-41(38,39)25-11-8-22(9-12-25)30(37)36-19-17-35(18-20-36)16-14-23-5-3-4-15-33-23/h1-13,15,21,34H,14,16-20H2. The summed E-state index contributed by atoms with van der Waals surface area (Å²) < 4.78 is 34.8. The van der Waals surface area contributed by atoms with Gasteiger partial charge in [-0.1, -0.05) is 41.4 Å². The van der Waals surface area contributed by atoms with Crippen LogP contribution in [0.2, 0.25) is 10.0 Å². The van der Waals surface area contributed by atoms with E-state index in [4.69, 9.17) is 27.9 Å². The third-order valence-corrected chi connectivity index (χ3v) is 8.85. The molecule has 41 heavy (non-hydrogen) atoms. The molecule has 0 saturated carbocycles. The van der Waals surface area contributed by atoms with Gasteiger partial charge in [0.2, 0.25) is 0 Å². The van der Waals surface area contributed by atoms with Gasteiger partial charge >= 0.3 is 0 Å². The molecule has 1 aliphatic heterocycles. The molecule has 8 nitrogen and oxygen atoms in total. The fraction of sp³-hybridized carbons (Fsp3) is 0.200. The van der Waals surface area contributed by atoms with E-state index in [1.54, 1.807) is 65.7 Å². The van der Waals surface area contributed by atoms with Gasteiger partial charge in [0, 0.05) is 62.7 Å². The zero-order valence-electron chi connectivity index (χ0n) is 22.0. The lowest BCUT2D eigenvalue weighted by Crippen LogP contribution is -2.49. The Kier molecular flexibility index (Phi) is 9.09. The minimum absolute atomic E-state index is 0.0257. The van der Waals surface area contributed by atoms with E-state index >= 15 is 0 Å². The fourth-order valence-corrected chi connectivity index (χ4v) is 5.82. The molecule has 2 heterocycles. The third-order valence-electron chi connectivity index (χ3n) is 6.73. The van der Waals surface area contributed by atoms with Crippen molar-refractivity contribution in [2.45, 2.75) is 11.3 Å². The van der Waals surface area contributed by atoms with Gasteiger partial charge in [-0.15, -0.1) is 0 Å². The molecule has 0 aliphatic carbocycles. The second-order valence-electron chi connectivity index (χ2n) is 9.51. The Hall–Kier alpha value is -3.63. The molecule has 0 spiro atoms. The predicted molar refractivity (Wildman–Crippen MR) is 161 cm³/mol. The van der Waals surface area contributed by atoms with E-state index in [2.05, 4.69) is 14.6 Å². The molecule has 0 radical (unpaired) electrons. The number of ether oxygens (including phenoxy) is 1. The van der Waals surface area contributed by atoms with E-state index in [9.17, 15) is 13.2 Å². The molecule has 1 aliphatic rings. The van der Waals surface area contributed by atoms with Crippen LogP contribution in [0.15, 0.2) is 96.0 Å². The van der Waals surface area contributed by atoms with Crippen molar-refractivity contribution in [2.24, 2.45) is 0 Å². The van der Waals surface area contributed by atoms with Crippen LogP contribution in [0.1, 0.15) is 16.1 Å². The summed E-state index contributed by atoms with van der Waals surface area (Å²) in [6.45, 7) is 3.66. The number of para-hydroxylation sites is 2. The molecule has 1 fully saturated rings. The number of carbonyl (C=O) groups is 1. The number of nitrogens with one attached hydrogen (secondary N) is 1. The Morgan fingerprint density at radius 3 is 2.32 bits per heavy atom. The van der Waals surface area contributed by atoms with Gasteiger partial charge in [-0.05, 0) is 60.7 Å². The second kappa shape index (κ2) is 12.9. The van der Waals surface area contributed by atoms with Crippen LogP contribution in [0.4, 0.5) is 5.69 Å². The number of benzene rings is 3. The summed E-state index contributed by atoms with van der Waals surface area (Å²) in [5, 5.41) is 0.702. The zero-order valence-corrected chi connectivity index (χ0v) is 24.4. The number of nitrogens with zero attached hydrogens (tertiary/aromatic N) is 3. The largest absolute Gasteiger partial charge is 0.455 e. The normalized spacial score (nSPS) is 14.0. The number of anilines is 1. The van der Waals surface area contributed by atoms with Crippen molar-refractivity contribution < 1.29 is 17.9 Å². The van der Waals surface area contributed by atoms with Gasteiger partial charge in [0.05, 0.1) is 20.6 Å². The second-order valence-corrected chi connectivity index (χ2v) is 12.0. The lowest BCUT2D eigenvalue weighted by atomic mass is 10.1. The third kappa shape index (κ3) is 7.37. The van der Waals surface area contributed by atoms with Crippen molar-refractivity contribution in [3.8, 4) is 11.5 Å². The summed E-state index contributed by atoms with van der Waals surface area (Å²) in [4.78, 5) is 21.6. The average molecular weight is 612 g/mol. The van der Waals surface area contributed by atoms with Crippen molar-refractivity contribution in [2.75, 3.05) is 37.4 Å². The van der Waals surface area contributed by atoms with Gasteiger partial charge in [0.25, 0.3) is 15.9 Å². The smallest absolute Gasteiger partial charge is 0.262 e. The molecular weight excluding hydrogens is 583 g/mol. The van der Waals surface area contributed by atoms with Gasteiger partial charge in [-0.2, -0.15) is 0 Å². The molecule has 1 aromatic heterocycles. The van der Waals surface area contributed by atoms with Crippen LogP contribution in [0.3, 0.4) is 0 Å². The molecule has 1 N–H and O–H groups in total. The quantitative estimate of drug-likeness (QED) is 0.250. The fourth-order valence-electron chi connectivity index (χ4n) is 4.46. The molecule has 3 aromatic carbocycles. The summed E-state index contributed by atoms with van der Waals surface area (Å²) >= 11 is 12.1. The number of pyridine rings is 1. The Morgan fingerprint density at radius 2 is 1.61 bits per heavy atom. The highest BCUT2D eigenvalue weighted by Gasteiger charge is 2.23. The number of rotatable bonds is 9. The van der Waals surface area contributed by atoms with Crippen LogP contribution < -0.4 is 9.46 Å². The van der Waals surface area contributed by atoms with E-state index in [-0.39, 0.29) is 16.5 Å². The number of amides is 1. The van der Waals surface area contributed by atoms with Crippen LogP contribution in [0.5, 0.6) is 11.5 Å². The lowest BCUT2D eigenvalue weighted by Gasteiger charge is -2.34. The number of hydrogen-bond donors (Lipinski definition) is 1. The summed E-state index contributed by atoms with van der Waals surface area (Å²) in [6.07, 6.45) is 2.66. The van der Waals surface area contributed by atoms with E-state index in [0.29, 0.717) is 40.2 Å². The minimum atomic E-state index is -3.96. The van der Waals surface area contributed by atoms with E-state index in [1.165, 1.54) is 12.1 Å². The molecule has 212 valence electrons. The summed E-state index contributed by atoms with van der Waals surface area (Å²) in [5.41, 5.74) is 1.74. The first-order chi connectivity index (χ1) is 19.8. The number of piperazine rings is 1. The molecule has 0 unspecified atom stereocenters. The molecule has 5 rings (SSSR count). The lowest BCUT2D eigenvalue weighted by molar-refractivity contribution is 0.0638. The Labute approximate surface area is 249 Å². The van der Waals surface area contributed by atoms with E-state index < -0.39 is 10.0 Å². The van der Waals surface area contributed by atoms with Crippen LogP contribution in [0.25, 0.3) is 0 Å². The highest BCUT2D eigenvalue weighted by Crippen LogP contribution is 2.34. The van der Waals surface area contributed by atoms with Crippen molar-refractivity contribution in [1.82, 2.24) is 14.8 Å². The topological polar surface area (TPSA) is 91.8 Å². The van der Waals surface area contributed by atoms with Crippen molar-refractivity contribution in [3.63, 3.8) is 0 Å². The Balaban J connectivity index is 1.19. The van der Waals surface area contributed by atoms with Crippen LogP contribution in [-0.4, -0.2) is 61.8 Å². The average Bonchev–Trinajstić information content (AvgIpc) is 2.99. The van der Waals surface area contributed by atoms with E-state index in [1.807, 2.05) is 18.2 Å². The van der Waals surface area contributed by atoms with Gasteiger partial charge in [0.1, 0.15) is 5.75 Å². The summed E-state index contributed by atoms with van der Waals surface area (Å²) in [5.74, 6) is 0.579. The minimum Gasteiger partial charge on any atom is -0.455 e. The number of aromatic nitrogens is 1. The maximum atomic E-state index is 13.2. The SMILES string of the molecule is O=C(c1ccc(S(=O)(=O)Nc2ccccc2Oc2ccc(Cl)c(Cl)c2)cc1)N1CCN(CCc2ccccn2)CC1. The first-order valence-electron chi connectivity index (χ1n) is 13.0. The molecule has 11 heteroatoms. The Bertz CT molecular complexity index is 1610. The highest BCUT2D eigenvalue weighted by molar-refractivity contribution is 7.92. The van der Waals surface area contributed by atoms with Crippen LogP contribution in [0, 0.1) is 0 Å². The summed E-state index contributed by atoms with van der Waals surface area (Å²) in [6, 6.07) is 23.3. The maximum absolute atomic E-state index is 13.2. The zero-order chi connectivity index (χ0) is 28.8. The van der Waals surface area contributed by atoms with Crippen molar-refractivity contribution in [1.29, 1.82) is 0 Å². The van der Waals surface area contributed by atoms with Gasteiger partial charge in [-0.25, -0.2) is 8.42 Å². The molecular formula is C30H28Cl2N4O4S. The molecule has 1 amide bonds. The first-order valence-corrected chi connectivity index (χ1v) is 15.3. The van der Waals surface area contributed by atoms with Crippen LogP contribution in [-0.2, 0) is 16.4 Å². The van der Waals surface area contributed by atoms with E-state index in [0.717, 1.165) is 31.7 Å². The first kappa shape index (κ1) is 28.9. The molecule has 0 atom stereocenters. The number of sulfonamides is 1. The monoisotopic (exact) mass is 610 g/mol. The number of carbonyl (C=O) groups excluding carboxylic acids is 1. The molecule has 1 saturated heterocycles. The van der Waals surface area contributed by atoms with Crippen molar-refractivity contribution in [3.05, 3.63) is 112 Å².